The standard InChI is InChI=1S/C36H44N8O4/c37-24-26-6-10-29(11-7-26)35(45)39-33(36(46)38-31-14-12-28(13-15-31)34-40-42-43-41-34)22-25-4-8-27(9-5-25)30-2-1-3-32(23-30)48-21-18-44-16-19-47-20-17-44/h1-5,8-9,12-15,23,26,29,33H,6-7,10-11,16-22,24,37H2,(H,38,46)(H,39,45)(H,40,41,42,43). The number of carbonyl (C=O) groups excluding carboxylic acids is 2. The molecule has 1 aliphatic heterocycles. The van der Waals surface area contributed by atoms with E-state index in [-0.39, 0.29) is 17.7 Å². The lowest BCUT2D eigenvalue weighted by atomic mass is 9.81. The first-order valence-corrected chi connectivity index (χ1v) is 16.8. The van der Waals surface area contributed by atoms with Crippen LogP contribution in [0, 0.1) is 11.8 Å². The fraction of sp³-hybridized carbons (Fsp3) is 0.417. The largest absolute Gasteiger partial charge is 0.492 e. The van der Waals surface area contributed by atoms with Gasteiger partial charge in [-0.25, -0.2) is 0 Å². The molecular weight excluding hydrogens is 608 g/mol. The van der Waals surface area contributed by atoms with E-state index in [0.717, 1.165) is 86.5 Å². The molecule has 2 aliphatic rings. The van der Waals surface area contributed by atoms with Gasteiger partial charge in [-0.05, 0) is 96.4 Å². The second-order valence-corrected chi connectivity index (χ2v) is 12.5. The van der Waals surface area contributed by atoms with Gasteiger partial charge in [-0.3, -0.25) is 14.5 Å². The molecule has 1 saturated heterocycles. The Labute approximate surface area is 280 Å². The minimum Gasteiger partial charge on any atom is -0.492 e. The summed E-state index contributed by atoms with van der Waals surface area (Å²) in [6.45, 7) is 5.56. The Morgan fingerprint density at radius 2 is 1.71 bits per heavy atom. The molecule has 1 aromatic heterocycles. The number of tetrazole rings is 1. The number of amides is 2. The fourth-order valence-corrected chi connectivity index (χ4v) is 6.33. The molecule has 12 nitrogen and oxygen atoms in total. The maximum Gasteiger partial charge on any atom is 0.247 e. The molecule has 5 N–H and O–H groups in total. The molecule has 2 fully saturated rings. The molecule has 2 amide bonds. The van der Waals surface area contributed by atoms with Crippen LogP contribution in [0.25, 0.3) is 22.5 Å². The topological polar surface area (TPSA) is 160 Å². The predicted molar refractivity (Wildman–Crippen MR) is 183 cm³/mol. The summed E-state index contributed by atoms with van der Waals surface area (Å²) < 4.78 is 11.5. The van der Waals surface area contributed by atoms with Crippen LogP contribution in [0.4, 0.5) is 5.69 Å². The number of hydrogen-bond acceptors (Lipinski definition) is 9. The van der Waals surface area contributed by atoms with E-state index < -0.39 is 6.04 Å². The van der Waals surface area contributed by atoms with Crippen molar-refractivity contribution < 1.29 is 19.1 Å². The highest BCUT2D eigenvalue weighted by Gasteiger charge is 2.29. The van der Waals surface area contributed by atoms with Gasteiger partial charge in [0, 0.05) is 43.2 Å². The predicted octanol–water partition coefficient (Wildman–Crippen LogP) is 3.68. The molecule has 0 radical (unpaired) electrons. The van der Waals surface area contributed by atoms with Gasteiger partial charge in [-0.2, -0.15) is 5.21 Å². The van der Waals surface area contributed by atoms with Gasteiger partial charge in [0.15, 0.2) is 0 Å². The molecule has 6 rings (SSSR count). The number of anilines is 1. The minimum absolute atomic E-state index is 0.0832. The van der Waals surface area contributed by atoms with Gasteiger partial charge in [0.05, 0.1) is 13.2 Å². The van der Waals surface area contributed by atoms with E-state index >= 15 is 0 Å². The Hall–Kier alpha value is -4.65. The second kappa shape index (κ2) is 16.4. The van der Waals surface area contributed by atoms with E-state index in [2.05, 4.69) is 42.2 Å². The minimum atomic E-state index is -0.754. The number of ether oxygens (including phenoxy) is 2. The number of nitrogens with one attached hydrogen (secondary N) is 3. The van der Waals surface area contributed by atoms with Crippen molar-refractivity contribution in [1.82, 2.24) is 30.8 Å². The summed E-state index contributed by atoms with van der Waals surface area (Å²) in [5, 5.41) is 20.1. The molecular formula is C36H44N8O4. The average Bonchev–Trinajstić information content (AvgIpc) is 3.68. The van der Waals surface area contributed by atoms with E-state index in [9.17, 15) is 9.59 Å². The van der Waals surface area contributed by atoms with Gasteiger partial charge >= 0.3 is 0 Å². The zero-order chi connectivity index (χ0) is 33.1. The lowest BCUT2D eigenvalue weighted by Gasteiger charge is -2.28. The van der Waals surface area contributed by atoms with Crippen molar-refractivity contribution in [3.63, 3.8) is 0 Å². The van der Waals surface area contributed by atoms with Gasteiger partial charge in [-0.1, -0.05) is 36.4 Å². The highest BCUT2D eigenvalue weighted by molar-refractivity contribution is 5.97. The first-order valence-electron chi connectivity index (χ1n) is 16.8. The van der Waals surface area contributed by atoms with Crippen LogP contribution in [0.2, 0.25) is 0 Å². The number of aromatic amines is 1. The Bertz CT molecular complexity index is 1600. The van der Waals surface area contributed by atoms with E-state index in [0.29, 0.717) is 37.0 Å². The number of rotatable bonds is 13. The Balaban J connectivity index is 1.11. The molecule has 1 saturated carbocycles. The van der Waals surface area contributed by atoms with Crippen LogP contribution in [-0.4, -0.2) is 89.4 Å². The quantitative estimate of drug-likeness (QED) is 0.169. The molecule has 0 spiro atoms. The van der Waals surface area contributed by atoms with Gasteiger partial charge in [0.1, 0.15) is 18.4 Å². The van der Waals surface area contributed by atoms with Gasteiger partial charge in [0.25, 0.3) is 0 Å². The monoisotopic (exact) mass is 652 g/mol. The van der Waals surface area contributed by atoms with Crippen LogP contribution in [0.5, 0.6) is 5.75 Å². The van der Waals surface area contributed by atoms with Crippen molar-refractivity contribution in [2.45, 2.75) is 38.1 Å². The van der Waals surface area contributed by atoms with Crippen LogP contribution >= 0.6 is 0 Å². The molecule has 252 valence electrons. The Morgan fingerprint density at radius 1 is 0.958 bits per heavy atom. The lowest BCUT2D eigenvalue weighted by Crippen LogP contribution is -2.48. The van der Waals surface area contributed by atoms with Crippen LogP contribution < -0.4 is 21.1 Å². The lowest BCUT2D eigenvalue weighted by molar-refractivity contribution is -0.130. The third-order valence-electron chi connectivity index (χ3n) is 9.28. The first kappa shape index (κ1) is 33.3. The van der Waals surface area contributed by atoms with Crippen molar-refractivity contribution >= 4 is 17.5 Å². The third-order valence-corrected chi connectivity index (χ3v) is 9.28. The molecule has 2 heterocycles. The van der Waals surface area contributed by atoms with Crippen LogP contribution in [0.15, 0.2) is 72.8 Å². The van der Waals surface area contributed by atoms with Crippen molar-refractivity contribution in [3.8, 4) is 28.3 Å². The second-order valence-electron chi connectivity index (χ2n) is 12.5. The number of carbonyl (C=O) groups is 2. The third kappa shape index (κ3) is 9.03. The maximum atomic E-state index is 13.7. The van der Waals surface area contributed by atoms with Crippen LogP contribution in [-0.2, 0) is 20.7 Å². The van der Waals surface area contributed by atoms with Crippen LogP contribution in [0.1, 0.15) is 31.2 Å². The number of nitrogens with two attached hydrogens (primary N) is 1. The molecule has 4 aromatic rings. The summed E-state index contributed by atoms with van der Waals surface area (Å²) in [6, 6.07) is 22.6. The highest BCUT2D eigenvalue weighted by Crippen LogP contribution is 2.29. The molecule has 12 heteroatoms. The summed E-state index contributed by atoms with van der Waals surface area (Å²) in [4.78, 5) is 29.4. The smallest absolute Gasteiger partial charge is 0.247 e. The number of H-pyrrole nitrogens is 1. The average molecular weight is 653 g/mol. The van der Waals surface area contributed by atoms with Gasteiger partial charge in [0.2, 0.25) is 17.6 Å². The summed E-state index contributed by atoms with van der Waals surface area (Å²) in [7, 11) is 0. The Morgan fingerprint density at radius 3 is 2.42 bits per heavy atom. The summed E-state index contributed by atoms with van der Waals surface area (Å²) in [6.07, 6.45) is 3.77. The van der Waals surface area contributed by atoms with Gasteiger partial charge in [-0.15, -0.1) is 10.2 Å². The SMILES string of the molecule is NCC1CCC(C(=O)NC(Cc2ccc(-c3cccc(OCCN4CCOCC4)c3)cc2)C(=O)Nc2ccc(-c3nn[nH]n3)cc2)CC1. The fourth-order valence-electron chi connectivity index (χ4n) is 6.33. The van der Waals surface area contributed by atoms with Crippen LogP contribution in [0.3, 0.4) is 0 Å². The Kier molecular flexibility index (Phi) is 11.4. The van der Waals surface area contributed by atoms with Gasteiger partial charge < -0.3 is 25.8 Å². The number of nitrogens with zero attached hydrogens (tertiary/aromatic N) is 4. The van der Waals surface area contributed by atoms with Crippen molar-refractivity contribution in [2.24, 2.45) is 17.6 Å². The molecule has 0 bridgehead atoms. The van der Waals surface area contributed by atoms with E-state index in [4.69, 9.17) is 15.2 Å². The number of morpholine rings is 1. The highest BCUT2D eigenvalue weighted by atomic mass is 16.5. The van der Waals surface area contributed by atoms with E-state index in [1.807, 2.05) is 54.6 Å². The molecule has 3 aromatic carbocycles. The van der Waals surface area contributed by atoms with E-state index in [1.165, 1.54) is 0 Å². The zero-order valence-electron chi connectivity index (χ0n) is 27.1. The number of aromatic nitrogens is 4. The normalized spacial score (nSPS) is 18.9. The number of hydrogen-bond donors (Lipinski definition) is 4. The molecule has 1 aliphatic carbocycles. The summed E-state index contributed by atoms with van der Waals surface area (Å²) >= 11 is 0. The molecule has 1 atom stereocenters. The van der Waals surface area contributed by atoms with Crippen molar-refractivity contribution in [2.75, 3.05) is 51.3 Å². The van der Waals surface area contributed by atoms with E-state index in [1.54, 1.807) is 12.1 Å². The maximum absolute atomic E-state index is 13.7. The zero-order valence-corrected chi connectivity index (χ0v) is 27.1. The van der Waals surface area contributed by atoms with Crippen molar-refractivity contribution in [3.05, 3.63) is 78.4 Å². The molecule has 48 heavy (non-hydrogen) atoms. The number of benzene rings is 3. The summed E-state index contributed by atoms with van der Waals surface area (Å²) in [5.74, 6) is 1.27. The molecule has 1 unspecified atom stereocenters. The van der Waals surface area contributed by atoms with Crippen molar-refractivity contribution in [1.29, 1.82) is 0 Å². The first-order chi connectivity index (χ1) is 23.5. The summed E-state index contributed by atoms with van der Waals surface area (Å²) in [5.41, 5.74) is 10.3.